The lowest BCUT2D eigenvalue weighted by Gasteiger charge is -2.46. The number of ether oxygens (including phenoxy) is 1. The molecule has 0 spiro atoms. The van der Waals surface area contributed by atoms with E-state index in [1.165, 1.54) is 58.5 Å². The number of hydrogen-bond donors (Lipinski definition) is 0. The monoisotopic (exact) mass is 322 g/mol. The van der Waals surface area contributed by atoms with E-state index >= 15 is 0 Å². The molecule has 2 aliphatic carbocycles. The number of carbonyl (C=O) groups excluding carboxylic acids is 1. The molecule has 2 saturated carbocycles. The number of rotatable bonds is 7. The topological polar surface area (TPSA) is 26.3 Å². The molecule has 0 radical (unpaired) electrons. The van der Waals surface area contributed by atoms with Crippen molar-refractivity contribution in [3.8, 4) is 0 Å². The van der Waals surface area contributed by atoms with Crippen LogP contribution in [0.15, 0.2) is 0 Å². The van der Waals surface area contributed by atoms with E-state index in [9.17, 15) is 4.79 Å². The molecule has 0 saturated heterocycles. The Morgan fingerprint density at radius 3 is 2.57 bits per heavy atom. The first kappa shape index (κ1) is 18.8. The molecule has 0 bridgehead atoms. The maximum atomic E-state index is 11.8. The molecule has 2 heteroatoms. The van der Waals surface area contributed by atoms with E-state index in [0.717, 1.165) is 23.7 Å². The van der Waals surface area contributed by atoms with Gasteiger partial charge in [-0.3, -0.25) is 4.79 Å². The summed E-state index contributed by atoms with van der Waals surface area (Å²) in [5.41, 5.74) is 0.466. The van der Waals surface area contributed by atoms with Gasteiger partial charge >= 0.3 is 5.97 Å². The zero-order valence-electron chi connectivity index (χ0n) is 16.1. The van der Waals surface area contributed by atoms with Gasteiger partial charge in [-0.2, -0.15) is 0 Å². The smallest absolute Gasteiger partial charge is 0.305 e. The largest absolute Gasteiger partial charge is 0.469 e. The summed E-state index contributed by atoms with van der Waals surface area (Å²) >= 11 is 0. The van der Waals surface area contributed by atoms with Crippen LogP contribution in [0.25, 0.3) is 0 Å². The highest BCUT2D eigenvalue weighted by Gasteiger charge is 2.52. The summed E-state index contributed by atoms with van der Waals surface area (Å²) in [5, 5.41) is 0. The van der Waals surface area contributed by atoms with E-state index in [4.69, 9.17) is 4.74 Å². The summed E-state index contributed by atoms with van der Waals surface area (Å²) in [7, 11) is 1.53. The molecular formula is C21H38O2. The molecule has 0 amide bonds. The van der Waals surface area contributed by atoms with E-state index in [1.54, 1.807) is 0 Å². The van der Waals surface area contributed by atoms with Crippen LogP contribution >= 0.6 is 0 Å². The third-order valence-corrected chi connectivity index (χ3v) is 7.13. The Morgan fingerprint density at radius 1 is 1.17 bits per heavy atom. The lowest BCUT2D eigenvalue weighted by molar-refractivity contribution is -0.143. The van der Waals surface area contributed by atoms with Crippen molar-refractivity contribution in [2.45, 2.75) is 85.5 Å². The lowest BCUT2D eigenvalue weighted by Crippen LogP contribution is -2.39. The molecule has 2 fully saturated rings. The van der Waals surface area contributed by atoms with Gasteiger partial charge in [0.15, 0.2) is 0 Å². The van der Waals surface area contributed by atoms with Crippen molar-refractivity contribution in [1.82, 2.24) is 0 Å². The maximum Gasteiger partial charge on any atom is 0.305 e. The van der Waals surface area contributed by atoms with Crippen LogP contribution in [0.4, 0.5) is 0 Å². The van der Waals surface area contributed by atoms with Crippen LogP contribution in [0.1, 0.15) is 85.5 Å². The normalized spacial score (nSPS) is 35.1. The van der Waals surface area contributed by atoms with Crippen LogP contribution in [0.2, 0.25) is 0 Å². The molecule has 134 valence electrons. The quantitative estimate of drug-likeness (QED) is 0.550. The van der Waals surface area contributed by atoms with E-state index in [2.05, 4.69) is 27.7 Å². The molecule has 0 heterocycles. The Morgan fingerprint density at radius 2 is 1.91 bits per heavy atom. The second-order valence-corrected chi connectivity index (χ2v) is 9.03. The number of fused-ring (bicyclic) bond motifs is 1. The Hall–Kier alpha value is -0.530. The average Bonchev–Trinajstić information content (AvgIpc) is 2.84. The SMILES string of the molecule is COC(=O)CC1CCC[C@@]2(C)C1CC[C@@H]2[C@H](C)CCCC(C)C. The van der Waals surface area contributed by atoms with Gasteiger partial charge in [-0.05, 0) is 60.7 Å². The predicted molar refractivity (Wildman–Crippen MR) is 96.1 cm³/mol. The van der Waals surface area contributed by atoms with E-state index in [-0.39, 0.29) is 5.97 Å². The molecule has 2 rings (SSSR count). The minimum Gasteiger partial charge on any atom is -0.469 e. The number of esters is 1. The van der Waals surface area contributed by atoms with Crippen LogP contribution < -0.4 is 0 Å². The average molecular weight is 323 g/mol. The van der Waals surface area contributed by atoms with Crippen LogP contribution in [0.3, 0.4) is 0 Å². The first-order valence-corrected chi connectivity index (χ1v) is 9.95. The van der Waals surface area contributed by atoms with Crippen LogP contribution in [-0.2, 0) is 9.53 Å². The summed E-state index contributed by atoms with van der Waals surface area (Å²) < 4.78 is 4.95. The molecule has 0 N–H and O–H groups in total. The maximum absolute atomic E-state index is 11.8. The van der Waals surface area contributed by atoms with Gasteiger partial charge in [-0.1, -0.05) is 53.4 Å². The zero-order valence-corrected chi connectivity index (χ0v) is 16.1. The molecule has 2 unspecified atom stereocenters. The number of methoxy groups -OCH3 is 1. The standard InChI is InChI=1S/C21H38O2/c1-15(2)8-6-9-16(3)18-11-12-19-17(14-20(22)23-5)10-7-13-21(18,19)4/h15-19H,6-14H2,1-5H3/t16-,17?,18-,19?,21-/m1/s1. The summed E-state index contributed by atoms with van der Waals surface area (Å²) in [6.07, 6.45) is 11.4. The van der Waals surface area contributed by atoms with E-state index in [1.807, 2.05) is 0 Å². The second-order valence-electron chi connectivity index (χ2n) is 9.03. The summed E-state index contributed by atoms with van der Waals surface area (Å²) in [4.78, 5) is 11.8. The highest BCUT2D eigenvalue weighted by atomic mass is 16.5. The zero-order chi connectivity index (χ0) is 17.0. The number of carbonyl (C=O) groups is 1. The van der Waals surface area contributed by atoms with Gasteiger partial charge in [-0.15, -0.1) is 0 Å². The van der Waals surface area contributed by atoms with Gasteiger partial charge in [-0.25, -0.2) is 0 Å². The molecular weight excluding hydrogens is 284 g/mol. The molecule has 0 aliphatic heterocycles. The predicted octanol–water partition coefficient (Wildman–Crippen LogP) is 5.84. The van der Waals surface area contributed by atoms with Crippen molar-refractivity contribution >= 4 is 5.97 Å². The highest BCUT2D eigenvalue weighted by Crippen LogP contribution is 2.60. The fourth-order valence-electron chi connectivity index (χ4n) is 5.91. The van der Waals surface area contributed by atoms with E-state index < -0.39 is 0 Å². The molecule has 0 aromatic carbocycles. The number of hydrogen-bond acceptors (Lipinski definition) is 2. The molecule has 23 heavy (non-hydrogen) atoms. The van der Waals surface area contributed by atoms with Gasteiger partial charge in [0, 0.05) is 6.42 Å². The summed E-state index contributed by atoms with van der Waals surface area (Å²) in [6, 6.07) is 0. The van der Waals surface area contributed by atoms with Crippen molar-refractivity contribution < 1.29 is 9.53 Å². The lowest BCUT2D eigenvalue weighted by atomic mass is 9.58. The highest BCUT2D eigenvalue weighted by molar-refractivity contribution is 5.69. The van der Waals surface area contributed by atoms with Gasteiger partial charge in [0.05, 0.1) is 7.11 Å². The Kier molecular flexibility index (Phi) is 6.57. The van der Waals surface area contributed by atoms with Gasteiger partial charge in [0.1, 0.15) is 0 Å². The Balaban J connectivity index is 1.98. The second kappa shape index (κ2) is 8.03. The van der Waals surface area contributed by atoms with Crippen LogP contribution in [0.5, 0.6) is 0 Å². The van der Waals surface area contributed by atoms with Crippen molar-refractivity contribution in [2.24, 2.45) is 35.0 Å². The minimum absolute atomic E-state index is 0.00678. The van der Waals surface area contributed by atoms with Gasteiger partial charge < -0.3 is 4.74 Å². The first-order chi connectivity index (χ1) is 10.9. The summed E-state index contributed by atoms with van der Waals surface area (Å²) in [5.74, 6) is 3.82. The molecule has 0 aromatic heterocycles. The van der Waals surface area contributed by atoms with E-state index in [0.29, 0.717) is 17.8 Å². The third-order valence-electron chi connectivity index (χ3n) is 7.13. The Bertz CT molecular complexity index is 389. The first-order valence-electron chi connectivity index (χ1n) is 9.95. The van der Waals surface area contributed by atoms with Crippen molar-refractivity contribution in [3.63, 3.8) is 0 Å². The molecule has 0 aromatic rings. The van der Waals surface area contributed by atoms with Crippen molar-refractivity contribution in [1.29, 1.82) is 0 Å². The third kappa shape index (κ3) is 4.31. The van der Waals surface area contributed by atoms with Crippen LogP contribution in [-0.4, -0.2) is 13.1 Å². The molecule has 2 aliphatic rings. The fourth-order valence-corrected chi connectivity index (χ4v) is 5.91. The van der Waals surface area contributed by atoms with Crippen molar-refractivity contribution in [3.05, 3.63) is 0 Å². The van der Waals surface area contributed by atoms with Gasteiger partial charge in [0.25, 0.3) is 0 Å². The molecule has 5 atom stereocenters. The van der Waals surface area contributed by atoms with Crippen LogP contribution in [0, 0.1) is 35.0 Å². The fraction of sp³-hybridized carbons (Fsp3) is 0.952. The molecule has 2 nitrogen and oxygen atoms in total. The minimum atomic E-state index is -0.00678. The van der Waals surface area contributed by atoms with Crippen molar-refractivity contribution in [2.75, 3.05) is 7.11 Å². The van der Waals surface area contributed by atoms with Gasteiger partial charge in [0.2, 0.25) is 0 Å². The Labute approximate surface area is 143 Å². The summed E-state index contributed by atoms with van der Waals surface area (Å²) in [6.45, 7) is 9.69.